The molecule has 0 aliphatic rings. The summed E-state index contributed by atoms with van der Waals surface area (Å²) < 4.78 is 4.88. The van der Waals surface area contributed by atoms with Gasteiger partial charge in [-0.25, -0.2) is 9.59 Å². The van der Waals surface area contributed by atoms with Crippen molar-refractivity contribution in [3.63, 3.8) is 0 Å². The summed E-state index contributed by atoms with van der Waals surface area (Å²) in [7, 11) is 0. The molecule has 0 rings (SSSR count). The molecule has 0 aromatic heterocycles. The summed E-state index contributed by atoms with van der Waals surface area (Å²) in [5, 5.41) is 8.33. The van der Waals surface area contributed by atoms with E-state index < -0.39 is 11.9 Å². The SMILES string of the molecule is CCCCCCCCCCCCOC(=O)C=CC(=O)O.Cl. The minimum atomic E-state index is -1.14. The molecule has 0 saturated carbocycles. The van der Waals surface area contributed by atoms with Gasteiger partial charge in [-0.05, 0) is 6.42 Å². The van der Waals surface area contributed by atoms with E-state index in [9.17, 15) is 9.59 Å². The van der Waals surface area contributed by atoms with Crippen LogP contribution in [-0.2, 0) is 14.3 Å². The molecule has 0 fully saturated rings. The number of halogens is 1. The normalized spacial score (nSPS) is 10.3. The fourth-order valence-electron chi connectivity index (χ4n) is 1.95. The van der Waals surface area contributed by atoms with Crippen LogP contribution in [0.2, 0.25) is 0 Å². The Bertz CT molecular complexity index is 290. The molecule has 124 valence electrons. The lowest BCUT2D eigenvalue weighted by Crippen LogP contribution is -2.03. The van der Waals surface area contributed by atoms with Crippen molar-refractivity contribution in [1.29, 1.82) is 0 Å². The number of hydrogen-bond acceptors (Lipinski definition) is 3. The topological polar surface area (TPSA) is 63.6 Å². The number of aliphatic carboxylic acids is 1. The summed E-state index contributed by atoms with van der Waals surface area (Å²) >= 11 is 0. The molecule has 0 heterocycles. The molecule has 0 aliphatic carbocycles. The highest BCUT2D eigenvalue weighted by atomic mass is 35.5. The predicted molar refractivity (Wildman–Crippen MR) is 86.8 cm³/mol. The Balaban J connectivity index is 0. The van der Waals surface area contributed by atoms with Crippen LogP contribution < -0.4 is 0 Å². The van der Waals surface area contributed by atoms with Crippen molar-refractivity contribution in [3.05, 3.63) is 12.2 Å². The van der Waals surface area contributed by atoms with Crippen molar-refractivity contribution in [2.45, 2.75) is 71.1 Å². The maximum Gasteiger partial charge on any atom is 0.331 e. The second-order valence-corrected chi connectivity index (χ2v) is 5.02. The molecule has 0 bridgehead atoms. The highest BCUT2D eigenvalue weighted by Crippen LogP contribution is 2.10. The van der Waals surface area contributed by atoms with Crippen molar-refractivity contribution in [2.24, 2.45) is 0 Å². The van der Waals surface area contributed by atoms with Crippen LogP contribution in [0.25, 0.3) is 0 Å². The van der Waals surface area contributed by atoms with Gasteiger partial charge in [0.05, 0.1) is 6.61 Å². The fourth-order valence-corrected chi connectivity index (χ4v) is 1.95. The Labute approximate surface area is 134 Å². The van der Waals surface area contributed by atoms with E-state index in [2.05, 4.69) is 6.92 Å². The first-order valence-electron chi connectivity index (χ1n) is 7.74. The van der Waals surface area contributed by atoms with E-state index in [0.29, 0.717) is 6.61 Å². The number of carbonyl (C=O) groups excluding carboxylic acids is 1. The highest BCUT2D eigenvalue weighted by Gasteiger charge is 1.98. The number of rotatable bonds is 13. The quantitative estimate of drug-likeness (QED) is 0.308. The van der Waals surface area contributed by atoms with Crippen molar-refractivity contribution < 1.29 is 19.4 Å². The highest BCUT2D eigenvalue weighted by molar-refractivity contribution is 5.90. The van der Waals surface area contributed by atoms with Gasteiger partial charge in [0.25, 0.3) is 0 Å². The van der Waals surface area contributed by atoms with Gasteiger partial charge in [0.2, 0.25) is 0 Å². The average Bonchev–Trinajstić information content (AvgIpc) is 2.42. The van der Waals surface area contributed by atoms with E-state index in [4.69, 9.17) is 9.84 Å². The molecule has 0 aliphatic heterocycles. The minimum Gasteiger partial charge on any atom is -0.478 e. The molecule has 0 aromatic carbocycles. The van der Waals surface area contributed by atoms with Gasteiger partial charge in [0, 0.05) is 12.2 Å². The van der Waals surface area contributed by atoms with E-state index >= 15 is 0 Å². The largest absolute Gasteiger partial charge is 0.478 e. The van der Waals surface area contributed by atoms with E-state index in [1.807, 2.05) is 0 Å². The van der Waals surface area contributed by atoms with Gasteiger partial charge in [-0.3, -0.25) is 0 Å². The number of carboxylic acids is 1. The first-order chi connectivity index (χ1) is 9.66. The minimum absolute atomic E-state index is 0. The Morgan fingerprint density at radius 1 is 0.857 bits per heavy atom. The molecule has 0 spiro atoms. The van der Waals surface area contributed by atoms with E-state index in [1.165, 1.54) is 51.4 Å². The lowest BCUT2D eigenvalue weighted by molar-refractivity contribution is -0.138. The van der Waals surface area contributed by atoms with Crippen molar-refractivity contribution in [2.75, 3.05) is 6.61 Å². The van der Waals surface area contributed by atoms with Crippen LogP contribution in [0.3, 0.4) is 0 Å². The molecule has 4 nitrogen and oxygen atoms in total. The number of esters is 1. The van der Waals surface area contributed by atoms with Crippen LogP contribution in [0, 0.1) is 0 Å². The molecule has 1 N–H and O–H groups in total. The molecule has 0 aromatic rings. The number of carbonyl (C=O) groups is 2. The molecule has 21 heavy (non-hydrogen) atoms. The third-order valence-corrected chi connectivity index (χ3v) is 3.10. The second kappa shape index (κ2) is 17.0. The first-order valence-corrected chi connectivity index (χ1v) is 7.74. The van der Waals surface area contributed by atoms with Crippen molar-refractivity contribution in [3.8, 4) is 0 Å². The lowest BCUT2D eigenvalue weighted by atomic mass is 10.1. The molecule has 0 saturated heterocycles. The van der Waals surface area contributed by atoms with Gasteiger partial charge in [-0.2, -0.15) is 0 Å². The van der Waals surface area contributed by atoms with Gasteiger partial charge < -0.3 is 9.84 Å². The molecule has 0 radical (unpaired) electrons. The van der Waals surface area contributed by atoms with Crippen LogP contribution in [0.4, 0.5) is 0 Å². The standard InChI is InChI=1S/C16H28O4.ClH/c1-2-3-4-5-6-7-8-9-10-11-14-20-16(19)13-12-15(17)18;/h12-13H,2-11,14H2,1H3,(H,17,18);1H. The second-order valence-electron chi connectivity index (χ2n) is 5.02. The zero-order valence-corrected chi connectivity index (χ0v) is 13.8. The van der Waals surface area contributed by atoms with E-state index in [1.54, 1.807) is 0 Å². The van der Waals surface area contributed by atoms with Gasteiger partial charge in [-0.15, -0.1) is 12.4 Å². The predicted octanol–water partition coefficient (Wildman–Crippen LogP) is 4.51. The number of ether oxygens (including phenoxy) is 1. The Hall–Kier alpha value is -1.03. The Morgan fingerprint density at radius 3 is 1.81 bits per heavy atom. The van der Waals surface area contributed by atoms with Crippen LogP contribution in [0.1, 0.15) is 71.1 Å². The third kappa shape index (κ3) is 19.0. The molecular formula is C16H29ClO4. The monoisotopic (exact) mass is 320 g/mol. The lowest BCUT2D eigenvalue weighted by Gasteiger charge is -2.03. The first kappa shape index (κ1) is 22.3. The number of carboxylic acid groups (broad SMARTS) is 1. The summed E-state index contributed by atoms with van der Waals surface area (Å²) in [6.45, 7) is 2.60. The number of hydrogen-bond donors (Lipinski definition) is 1. The maximum atomic E-state index is 11.0. The zero-order valence-electron chi connectivity index (χ0n) is 13.0. The van der Waals surface area contributed by atoms with Crippen LogP contribution in [-0.4, -0.2) is 23.7 Å². The molecule has 0 amide bonds. The fraction of sp³-hybridized carbons (Fsp3) is 0.750. The summed E-state index contributed by atoms with van der Waals surface area (Å²) in [6, 6.07) is 0. The molecular weight excluding hydrogens is 292 g/mol. The zero-order chi connectivity index (χ0) is 15.1. The molecule has 0 unspecified atom stereocenters. The Morgan fingerprint density at radius 2 is 1.33 bits per heavy atom. The summed E-state index contributed by atoms with van der Waals surface area (Å²) in [4.78, 5) is 21.2. The van der Waals surface area contributed by atoms with E-state index in [0.717, 1.165) is 25.0 Å². The number of unbranched alkanes of at least 4 members (excludes halogenated alkanes) is 9. The summed E-state index contributed by atoms with van der Waals surface area (Å²) in [5.74, 6) is -1.72. The van der Waals surface area contributed by atoms with Crippen molar-refractivity contribution in [1.82, 2.24) is 0 Å². The van der Waals surface area contributed by atoms with Crippen molar-refractivity contribution >= 4 is 24.3 Å². The smallest absolute Gasteiger partial charge is 0.331 e. The Kier molecular flexibility index (Phi) is 18.0. The molecule has 5 heteroatoms. The van der Waals surface area contributed by atoms with Crippen LogP contribution >= 0.6 is 12.4 Å². The third-order valence-electron chi connectivity index (χ3n) is 3.10. The van der Waals surface area contributed by atoms with Gasteiger partial charge in [0.15, 0.2) is 0 Å². The van der Waals surface area contributed by atoms with Crippen LogP contribution in [0.15, 0.2) is 12.2 Å². The summed E-state index contributed by atoms with van der Waals surface area (Å²) in [6.07, 6.45) is 14.0. The van der Waals surface area contributed by atoms with E-state index in [-0.39, 0.29) is 12.4 Å². The van der Waals surface area contributed by atoms with Crippen LogP contribution in [0.5, 0.6) is 0 Å². The average molecular weight is 321 g/mol. The van der Waals surface area contributed by atoms with Gasteiger partial charge >= 0.3 is 11.9 Å². The maximum absolute atomic E-state index is 11.0. The summed E-state index contributed by atoms with van der Waals surface area (Å²) in [5.41, 5.74) is 0. The van der Waals surface area contributed by atoms with Gasteiger partial charge in [0.1, 0.15) is 0 Å². The molecule has 0 atom stereocenters. The van der Waals surface area contributed by atoms with Gasteiger partial charge in [-0.1, -0.05) is 64.7 Å².